The van der Waals surface area contributed by atoms with Crippen LogP contribution in [-0.2, 0) is 0 Å². The normalized spacial score (nSPS) is 12.5. The molecule has 1 aromatic heterocycles. The molecular formula is C8H12BrN3O. The van der Waals surface area contributed by atoms with E-state index in [-0.39, 0.29) is 12.6 Å². The number of nitrogens with one attached hydrogen (secondary N) is 1. The third-order valence-electron chi connectivity index (χ3n) is 1.61. The molecule has 13 heavy (non-hydrogen) atoms. The summed E-state index contributed by atoms with van der Waals surface area (Å²) in [5.74, 6) is 0.760. The van der Waals surface area contributed by atoms with Crippen molar-refractivity contribution in [3.05, 3.63) is 17.0 Å². The lowest BCUT2D eigenvalue weighted by Crippen LogP contribution is -2.17. The third-order valence-corrected chi connectivity index (χ3v) is 2.19. The molecule has 0 fully saturated rings. The van der Waals surface area contributed by atoms with E-state index in [9.17, 15) is 0 Å². The number of aliphatic hydroxyl groups excluding tert-OH is 1. The Morgan fingerprint density at radius 3 is 3.08 bits per heavy atom. The predicted octanol–water partition coefficient (Wildman–Crippen LogP) is 1.42. The summed E-state index contributed by atoms with van der Waals surface area (Å²) >= 11 is 3.33. The van der Waals surface area contributed by atoms with Gasteiger partial charge in [-0.15, -0.1) is 0 Å². The van der Waals surface area contributed by atoms with E-state index in [0.29, 0.717) is 6.42 Å². The summed E-state index contributed by atoms with van der Waals surface area (Å²) in [4.78, 5) is 7.90. The quantitative estimate of drug-likeness (QED) is 0.843. The second kappa shape index (κ2) is 5.14. The molecule has 1 aromatic rings. The molecule has 1 atom stereocenters. The molecular weight excluding hydrogens is 234 g/mol. The molecule has 1 unspecified atom stereocenters. The van der Waals surface area contributed by atoms with Crippen LogP contribution in [0.1, 0.15) is 13.3 Å². The number of rotatable bonds is 4. The number of aliphatic hydroxyl groups is 1. The fraction of sp³-hybridized carbons (Fsp3) is 0.500. The van der Waals surface area contributed by atoms with Gasteiger partial charge in [0.1, 0.15) is 12.1 Å². The first kappa shape index (κ1) is 10.4. The highest BCUT2D eigenvalue weighted by molar-refractivity contribution is 9.10. The monoisotopic (exact) mass is 245 g/mol. The highest BCUT2D eigenvalue weighted by Crippen LogP contribution is 2.18. The summed E-state index contributed by atoms with van der Waals surface area (Å²) in [5.41, 5.74) is 0. The second-order valence-corrected chi connectivity index (χ2v) is 3.63. The first-order valence-corrected chi connectivity index (χ1v) is 4.86. The minimum absolute atomic E-state index is 0.177. The third kappa shape index (κ3) is 3.28. The van der Waals surface area contributed by atoms with Crippen LogP contribution in [0.15, 0.2) is 17.0 Å². The highest BCUT2D eigenvalue weighted by Gasteiger charge is 2.04. The van der Waals surface area contributed by atoms with Gasteiger partial charge in [-0.3, -0.25) is 0 Å². The maximum atomic E-state index is 8.70. The number of nitrogens with zero attached hydrogens (tertiary/aromatic N) is 2. The van der Waals surface area contributed by atoms with Crippen molar-refractivity contribution in [1.29, 1.82) is 0 Å². The number of aromatic nitrogens is 2. The van der Waals surface area contributed by atoms with E-state index >= 15 is 0 Å². The van der Waals surface area contributed by atoms with Crippen molar-refractivity contribution < 1.29 is 5.11 Å². The molecule has 0 radical (unpaired) electrons. The van der Waals surface area contributed by atoms with E-state index < -0.39 is 0 Å². The molecule has 2 N–H and O–H groups in total. The SMILES string of the molecule is CC(CCO)Nc1ncncc1Br. The van der Waals surface area contributed by atoms with Crippen LogP contribution in [0.4, 0.5) is 5.82 Å². The average Bonchev–Trinajstić information content (AvgIpc) is 2.09. The van der Waals surface area contributed by atoms with Crippen LogP contribution in [0.2, 0.25) is 0 Å². The molecule has 0 aromatic carbocycles. The maximum Gasteiger partial charge on any atom is 0.143 e. The molecule has 0 saturated carbocycles. The van der Waals surface area contributed by atoms with Crippen molar-refractivity contribution >= 4 is 21.7 Å². The standard InChI is InChI=1S/C8H12BrN3O/c1-6(2-3-13)12-8-7(9)4-10-5-11-8/h4-6,13H,2-3H2,1H3,(H,10,11,12). The van der Waals surface area contributed by atoms with Crippen molar-refractivity contribution in [1.82, 2.24) is 9.97 Å². The first-order chi connectivity index (χ1) is 6.24. The molecule has 0 spiro atoms. The van der Waals surface area contributed by atoms with Gasteiger partial charge in [0, 0.05) is 18.8 Å². The van der Waals surface area contributed by atoms with Gasteiger partial charge in [0.2, 0.25) is 0 Å². The molecule has 0 bridgehead atoms. The van der Waals surface area contributed by atoms with Crippen LogP contribution in [0, 0.1) is 0 Å². The number of hydrogen-bond donors (Lipinski definition) is 2. The van der Waals surface area contributed by atoms with E-state index in [1.807, 2.05) is 6.92 Å². The zero-order valence-electron chi connectivity index (χ0n) is 7.37. The summed E-state index contributed by atoms with van der Waals surface area (Å²) in [6.45, 7) is 2.17. The largest absolute Gasteiger partial charge is 0.396 e. The molecule has 0 amide bonds. The lowest BCUT2D eigenvalue weighted by atomic mass is 10.2. The van der Waals surface area contributed by atoms with Gasteiger partial charge < -0.3 is 10.4 Å². The molecule has 72 valence electrons. The van der Waals surface area contributed by atoms with E-state index in [4.69, 9.17) is 5.11 Å². The molecule has 0 aliphatic carbocycles. The van der Waals surface area contributed by atoms with Crippen LogP contribution in [0.25, 0.3) is 0 Å². The summed E-state index contributed by atoms with van der Waals surface area (Å²) in [6, 6.07) is 0.205. The Kier molecular flexibility index (Phi) is 4.11. The Labute approximate surface area is 85.5 Å². The van der Waals surface area contributed by atoms with Gasteiger partial charge in [-0.2, -0.15) is 0 Å². The molecule has 0 aliphatic rings. The number of hydrogen-bond acceptors (Lipinski definition) is 4. The van der Waals surface area contributed by atoms with Gasteiger partial charge >= 0.3 is 0 Å². The van der Waals surface area contributed by atoms with Crippen LogP contribution < -0.4 is 5.32 Å². The second-order valence-electron chi connectivity index (χ2n) is 2.78. The Morgan fingerprint density at radius 1 is 1.69 bits per heavy atom. The highest BCUT2D eigenvalue weighted by atomic mass is 79.9. The fourth-order valence-electron chi connectivity index (χ4n) is 0.918. The summed E-state index contributed by atoms with van der Waals surface area (Å²) in [6.07, 6.45) is 3.87. The fourth-order valence-corrected chi connectivity index (χ4v) is 1.25. The predicted molar refractivity (Wildman–Crippen MR) is 54.5 cm³/mol. The molecule has 0 aliphatic heterocycles. The summed E-state index contributed by atoms with van der Waals surface area (Å²) in [5, 5.41) is 11.9. The first-order valence-electron chi connectivity index (χ1n) is 4.07. The summed E-state index contributed by atoms with van der Waals surface area (Å²) < 4.78 is 0.833. The Bertz CT molecular complexity index is 269. The van der Waals surface area contributed by atoms with Gasteiger partial charge in [0.05, 0.1) is 4.47 Å². The Morgan fingerprint density at radius 2 is 2.46 bits per heavy atom. The average molecular weight is 246 g/mol. The van der Waals surface area contributed by atoms with Crippen molar-refractivity contribution in [3.8, 4) is 0 Å². The topological polar surface area (TPSA) is 58.0 Å². The van der Waals surface area contributed by atoms with Crippen LogP contribution in [0.5, 0.6) is 0 Å². The molecule has 0 saturated heterocycles. The van der Waals surface area contributed by atoms with Gasteiger partial charge in [-0.25, -0.2) is 9.97 Å². The van der Waals surface area contributed by atoms with E-state index in [0.717, 1.165) is 10.3 Å². The Balaban J connectivity index is 2.58. The van der Waals surface area contributed by atoms with Gasteiger partial charge in [-0.05, 0) is 29.3 Å². The lowest BCUT2D eigenvalue weighted by molar-refractivity contribution is 0.282. The van der Waals surface area contributed by atoms with Crippen molar-refractivity contribution in [2.24, 2.45) is 0 Å². The van der Waals surface area contributed by atoms with E-state index in [1.54, 1.807) is 6.20 Å². The van der Waals surface area contributed by atoms with Crippen LogP contribution in [-0.4, -0.2) is 27.7 Å². The Hall–Kier alpha value is -0.680. The van der Waals surface area contributed by atoms with Crippen molar-refractivity contribution in [2.75, 3.05) is 11.9 Å². The minimum Gasteiger partial charge on any atom is -0.396 e. The van der Waals surface area contributed by atoms with E-state index in [2.05, 4.69) is 31.2 Å². The van der Waals surface area contributed by atoms with Gasteiger partial charge in [0.15, 0.2) is 0 Å². The molecule has 1 heterocycles. The maximum absolute atomic E-state index is 8.70. The van der Waals surface area contributed by atoms with Crippen LogP contribution in [0.3, 0.4) is 0 Å². The molecule has 4 nitrogen and oxygen atoms in total. The van der Waals surface area contributed by atoms with Gasteiger partial charge in [0.25, 0.3) is 0 Å². The zero-order valence-corrected chi connectivity index (χ0v) is 8.95. The smallest absolute Gasteiger partial charge is 0.143 e. The van der Waals surface area contributed by atoms with Crippen LogP contribution >= 0.6 is 15.9 Å². The number of halogens is 1. The zero-order chi connectivity index (χ0) is 9.68. The lowest BCUT2D eigenvalue weighted by Gasteiger charge is -2.13. The van der Waals surface area contributed by atoms with E-state index in [1.165, 1.54) is 6.33 Å². The summed E-state index contributed by atoms with van der Waals surface area (Å²) in [7, 11) is 0. The number of anilines is 1. The van der Waals surface area contributed by atoms with Crippen molar-refractivity contribution in [3.63, 3.8) is 0 Å². The van der Waals surface area contributed by atoms with Crippen molar-refractivity contribution in [2.45, 2.75) is 19.4 Å². The minimum atomic E-state index is 0.177. The molecule has 1 rings (SSSR count). The van der Waals surface area contributed by atoms with Gasteiger partial charge in [-0.1, -0.05) is 0 Å². The molecule has 5 heteroatoms.